The van der Waals surface area contributed by atoms with Crippen molar-refractivity contribution in [2.45, 2.75) is 6.92 Å². The zero-order valence-corrected chi connectivity index (χ0v) is 15.4. The van der Waals surface area contributed by atoms with Crippen LogP contribution in [0.15, 0.2) is 60.7 Å². The molecule has 4 nitrogen and oxygen atoms in total. The smallest absolute Gasteiger partial charge is 0.229 e. The van der Waals surface area contributed by atoms with E-state index in [0.29, 0.717) is 5.95 Å². The van der Waals surface area contributed by atoms with Crippen LogP contribution in [0.25, 0.3) is 0 Å². The number of aryl methyl sites for hydroxylation is 1. The lowest BCUT2D eigenvalue weighted by Gasteiger charge is -2.10. The van der Waals surface area contributed by atoms with Crippen LogP contribution in [0.4, 0.5) is 23.1 Å². The van der Waals surface area contributed by atoms with Crippen molar-refractivity contribution in [1.29, 1.82) is 0 Å². The van der Waals surface area contributed by atoms with Crippen LogP contribution in [-0.2, 0) is 0 Å². The van der Waals surface area contributed by atoms with Gasteiger partial charge in [0.1, 0.15) is 5.82 Å². The van der Waals surface area contributed by atoms with Gasteiger partial charge in [0.15, 0.2) is 0 Å². The summed E-state index contributed by atoms with van der Waals surface area (Å²) < 4.78 is 1.20. The van der Waals surface area contributed by atoms with Crippen molar-refractivity contribution in [2.24, 2.45) is 0 Å². The Morgan fingerprint density at radius 1 is 0.826 bits per heavy atom. The summed E-state index contributed by atoms with van der Waals surface area (Å²) in [5.41, 5.74) is 2.87. The predicted octanol–water partition coefficient (Wildman–Crippen LogP) is 5.30. The molecule has 23 heavy (non-hydrogen) atoms. The van der Waals surface area contributed by atoms with E-state index in [0.717, 1.165) is 22.9 Å². The summed E-state index contributed by atoms with van der Waals surface area (Å²) in [6.07, 6.45) is 0. The van der Waals surface area contributed by atoms with Gasteiger partial charge in [-0.2, -0.15) is 4.98 Å². The SMILES string of the molecule is Cc1cc(Nc2ccc(I)cc2)nc(Nc2ccccc2)n1.Cl. The quantitative estimate of drug-likeness (QED) is 0.543. The predicted molar refractivity (Wildman–Crippen MR) is 106 cm³/mol. The van der Waals surface area contributed by atoms with Crippen LogP contribution >= 0.6 is 35.0 Å². The number of halogens is 2. The van der Waals surface area contributed by atoms with E-state index in [1.807, 2.05) is 55.5 Å². The minimum atomic E-state index is 0. The molecule has 3 aromatic rings. The zero-order chi connectivity index (χ0) is 15.4. The largest absolute Gasteiger partial charge is 0.340 e. The van der Waals surface area contributed by atoms with Crippen molar-refractivity contribution in [3.63, 3.8) is 0 Å². The minimum absolute atomic E-state index is 0. The number of para-hydroxylation sites is 1. The molecule has 0 aliphatic carbocycles. The van der Waals surface area contributed by atoms with Gasteiger partial charge in [0.05, 0.1) is 0 Å². The van der Waals surface area contributed by atoms with Gasteiger partial charge >= 0.3 is 0 Å². The summed E-state index contributed by atoms with van der Waals surface area (Å²) in [7, 11) is 0. The van der Waals surface area contributed by atoms with E-state index in [1.54, 1.807) is 0 Å². The third-order valence-corrected chi connectivity index (χ3v) is 3.72. The molecule has 0 unspecified atom stereocenters. The van der Waals surface area contributed by atoms with E-state index in [4.69, 9.17) is 0 Å². The van der Waals surface area contributed by atoms with Gasteiger partial charge in [-0.1, -0.05) is 18.2 Å². The number of nitrogens with one attached hydrogen (secondary N) is 2. The molecule has 0 fully saturated rings. The van der Waals surface area contributed by atoms with E-state index in [9.17, 15) is 0 Å². The number of aromatic nitrogens is 2. The van der Waals surface area contributed by atoms with Gasteiger partial charge in [-0.25, -0.2) is 4.98 Å². The first-order chi connectivity index (χ1) is 10.7. The molecule has 0 saturated carbocycles. The molecule has 0 amide bonds. The summed E-state index contributed by atoms with van der Waals surface area (Å²) in [5, 5.41) is 6.52. The van der Waals surface area contributed by atoms with Crippen LogP contribution in [0.2, 0.25) is 0 Å². The van der Waals surface area contributed by atoms with E-state index >= 15 is 0 Å². The Bertz CT molecular complexity index is 763. The number of nitrogens with zero attached hydrogens (tertiary/aromatic N) is 2. The third kappa shape index (κ3) is 5.07. The number of rotatable bonds is 4. The van der Waals surface area contributed by atoms with Gasteiger partial charge in [-0.15, -0.1) is 12.4 Å². The number of hydrogen-bond donors (Lipinski definition) is 2. The molecular formula is C17H16ClIN4. The van der Waals surface area contributed by atoms with Crippen molar-refractivity contribution in [3.8, 4) is 0 Å². The van der Waals surface area contributed by atoms with Crippen molar-refractivity contribution >= 4 is 58.1 Å². The highest BCUT2D eigenvalue weighted by atomic mass is 127. The Balaban J connectivity index is 0.00000192. The molecule has 6 heteroatoms. The van der Waals surface area contributed by atoms with E-state index < -0.39 is 0 Å². The molecule has 0 aliphatic heterocycles. The van der Waals surface area contributed by atoms with E-state index in [1.165, 1.54) is 3.57 Å². The average molecular weight is 439 g/mol. The highest BCUT2D eigenvalue weighted by Crippen LogP contribution is 2.19. The molecule has 2 aromatic carbocycles. The Kier molecular flexibility index (Phi) is 6.18. The monoisotopic (exact) mass is 438 g/mol. The third-order valence-electron chi connectivity index (χ3n) is 3.00. The fraction of sp³-hybridized carbons (Fsp3) is 0.0588. The average Bonchev–Trinajstić information content (AvgIpc) is 2.50. The maximum atomic E-state index is 4.51. The highest BCUT2D eigenvalue weighted by Gasteiger charge is 2.03. The fourth-order valence-corrected chi connectivity index (χ4v) is 2.38. The lowest BCUT2D eigenvalue weighted by atomic mass is 10.3. The van der Waals surface area contributed by atoms with Gasteiger partial charge in [-0.05, 0) is 65.9 Å². The lowest BCUT2D eigenvalue weighted by molar-refractivity contribution is 1.11. The van der Waals surface area contributed by atoms with Gasteiger partial charge in [0.25, 0.3) is 0 Å². The number of hydrogen-bond acceptors (Lipinski definition) is 4. The Morgan fingerprint density at radius 3 is 2.17 bits per heavy atom. The first kappa shape index (κ1) is 17.5. The molecule has 118 valence electrons. The van der Waals surface area contributed by atoms with Crippen LogP contribution in [0.3, 0.4) is 0 Å². The second kappa shape index (κ2) is 8.12. The van der Waals surface area contributed by atoms with E-state index in [2.05, 4.69) is 55.3 Å². The first-order valence-electron chi connectivity index (χ1n) is 6.89. The summed E-state index contributed by atoms with van der Waals surface area (Å²) >= 11 is 2.29. The molecule has 3 rings (SSSR count). The van der Waals surface area contributed by atoms with E-state index in [-0.39, 0.29) is 12.4 Å². The summed E-state index contributed by atoms with van der Waals surface area (Å²) in [5.74, 6) is 1.35. The molecule has 0 bridgehead atoms. The normalized spacial score (nSPS) is 9.83. The maximum Gasteiger partial charge on any atom is 0.229 e. The molecule has 0 atom stereocenters. The lowest BCUT2D eigenvalue weighted by Crippen LogP contribution is -2.02. The van der Waals surface area contributed by atoms with Crippen molar-refractivity contribution in [2.75, 3.05) is 10.6 Å². The van der Waals surface area contributed by atoms with Crippen LogP contribution in [0.5, 0.6) is 0 Å². The Hall–Kier alpha value is -1.86. The molecule has 2 N–H and O–H groups in total. The molecular weight excluding hydrogens is 423 g/mol. The van der Waals surface area contributed by atoms with Crippen LogP contribution < -0.4 is 10.6 Å². The van der Waals surface area contributed by atoms with Crippen molar-refractivity contribution in [1.82, 2.24) is 9.97 Å². The van der Waals surface area contributed by atoms with Crippen LogP contribution in [-0.4, -0.2) is 9.97 Å². The molecule has 0 spiro atoms. The molecule has 0 saturated heterocycles. The van der Waals surface area contributed by atoms with Crippen molar-refractivity contribution in [3.05, 3.63) is 69.9 Å². The van der Waals surface area contributed by atoms with Crippen LogP contribution in [0, 0.1) is 10.5 Å². The topological polar surface area (TPSA) is 49.8 Å². The first-order valence-corrected chi connectivity index (χ1v) is 7.97. The van der Waals surface area contributed by atoms with Gasteiger partial charge < -0.3 is 10.6 Å². The molecule has 0 radical (unpaired) electrons. The Labute approximate surface area is 155 Å². The summed E-state index contributed by atoms with van der Waals surface area (Å²) in [4.78, 5) is 8.93. The molecule has 1 heterocycles. The highest BCUT2D eigenvalue weighted by molar-refractivity contribution is 14.1. The second-order valence-corrected chi connectivity index (χ2v) is 6.09. The number of anilines is 4. The summed E-state index contributed by atoms with van der Waals surface area (Å²) in [6.45, 7) is 1.96. The Morgan fingerprint density at radius 2 is 1.48 bits per heavy atom. The van der Waals surface area contributed by atoms with Gasteiger partial charge in [0, 0.05) is 26.7 Å². The summed E-state index contributed by atoms with van der Waals surface area (Å²) in [6, 6.07) is 20.0. The minimum Gasteiger partial charge on any atom is -0.340 e. The standard InChI is InChI=1S/C17H15IN4.ClH/c1-12-11-16(20-15-9-7-13(18)8-10-15)22-17(19-12)21-14-5-3-2-4-6-14;/h2-11H,1H3,(H2,19,20,21,22);1H. The molecule has 0 aliphatic rings. The van der Waals surface area contributed by atoms with Crippen molar-refractivity contribution < 1.29 is 0 Å². The van der Waals surface area contributed by atoms with Gasteiger partial charge in [0.2, 0.25) is 5.95 Å². The molecule has 1 aromatic heterocycles. The zero-order valence-electron chi connectivity index (χ0n) is 12.5. The van der Waals surface area contributed by atoms with Crippen LogP contribution in [0.1, 0.15) is 5.69 Å². The fourth-order valence-electron chi connectivity index (χ4n) is 2.02. The van der Waals surface area contributed by atoms with Gasteiger partial charge in [-0.3, -0.25) is 0 Å². The maximum absolute atomic E-state index is 4.51. The number of benzene rings is 2. The second-order valence-electron chi connectivity index (χ2n) is 4.84.